The number of rotatable bonds is 2. The second kappa shape index (κ2) is 4.02. The third kappa shape index (κ3) is 2.18. The van der Waals surface area contributed by atoms with Gasteiger partial charge in [0.25, 0.3) is 0 Å². The van der Waals surface area contributed by atoms with Crippen LogP contribution in [0.3, 0.4) is 0 Å². The van der Waals surface area contributed by atoms with Gasteiger partial charge in [-0.3, -0.25) is 0 Å². The fraction of sp³-hybridized carbons (Fsp3) is 0.400. The van der Waals surface area contributed by atoms with Crippen molar-refractivity contribution in [3.63, 3.8) is 0 Å². The lowest BCUT2D eigenvalue weighted by molar-refractivity contribution is -0.145. The number of esters is 2. The summed E-state index contributed by atoms with van der Waals surface area (Å²) in [6.07, 6.45) is -0.269. The molecule has 0 aromatic carbocycles. The fourth-order valence-electron chi connectivity index (χ4n) is 1.32. The Morgan fingerprint density at radius 1 is 1.60 bits per heavy atom. The van der Waals surface area contributed by atoms with Crippen molar-refractivity contribution in [2.24, 2.45) is 0 Å². The molecule has 0 saturated carbocycles. The SMILES string of the molecule is Cc1ccc(C(=O)O[C@H]2CCOC2=O)s1. The molecule has 0 aliphatic carbocycles. The number of hydrogen-bond donors (Lipinski definition) is 0. The number of thiophene rings is 1. The molecule has 2 heterocycles. The first-order valence-corrected chi connectivity index (χ1v) is 5.42. The molecule has 0 spiro atoms. The largest absolute Gasteiger partial charge is 0.463 e. The molecule has 80 valence electrons. The highest BCUT2D eigenvalue weighted by Crippen LogP contribution is 2.19. The predicted molar refractivity (Wildman–Crippen MR) is 53.8 cm³/mol. The lowest BCUT2D eigenvalue weighted by Gasteiger charge is -2.06. The fourth-order valence-corrected chi connectivity index (χ4v) is 2.07. The molecule has 2 rings (SSSR count). The molecule has 0 radical (unpaired) electrons. The van der Waals surface area contributed by atoms with Gasteiger partial charge >= 0.3 is 11.9 Å². The standard InChI is InChI=1S/C10H10O4S/c1-6-2-3-8(15-6)10(12)14-7-4-5-13-9(7)11/h2-3,7H,4-5H2,1H3/t7-/m0/s1. The van der Waals surface area contributed by atoms with Crippen LogP contribution in [0.5, 0.6) is 0 Å². The minimum atomic E-state index is -0.722. The molecule has 0 bridgehead atoms. The summed E-state index contributed by atoms with van der Waals surface area (Å²) in [4.78, 5) is 24.1. The van der Waals surface area contributed by atoms with Crippen LogP contribution in [0.4, 0.5) is 0 Å². The van der Waals surface area contributed by atoms with Crippen molar-refractivity contribution in [3.05, 3.63) is 21.9 Å². The number of ether oxygens (including phenoxy) is 2. The summed E-state index contributed by atoms with van der Waals surface area (Å²) in [5.41, 5.74) is 0. The smallest absolute Gasteiger partial charge is 0.349 e. The van der Waals surface area contributed by atoms with Gasteiger partial charge in [-0.25, -0.2) is 9.59 Å². The van der Waals surface area contributed by atoms with Crippen molar-refractivity contribution in [2.75, 3.05) is 6.61 Å². The van der Waals surface area contributed by atoms with Gasteiger partial charge in [0.2, 0.25) is 6.10 Å². The molecule has 1 aliphatic rings. The summed E-state index contributed by atoms with van der Waals surface area (Å²) in [6, 6.07) is 3.54. The van der Waals surface area contributed by atoms with Crippen LogP contribution in [-0.2, 0) is 14.3 Å². The number of carbonyl (C=O) groups is 2. The number of aryl methyl sites for hydroxylation is 1. The third-order valence-corrected chi connectivity index (χ3v) is 3.06. The van der Waals surface area contributed by atoms with Gasteiger partial charge in [-0.1, -0.05) is 0 Å². The van der Waals surface area contributed by atoms with E-state index in [-0.39, 0.29) is 0 Å². The van der Waals surface area contributed by atoms with E-state index in [4.69, 9.17) is 9.47 Å². The van der Waals surface area contributed by atoms with Gasteiger partial charge < -0.3 is 9.47 Å². The molecule has 0 amide bonds. The van der Waals surface area contributed by atoms with E-state index in [9.17, 15) is 9.59 Å². The van der Waals surface area contributed by atoms with Gasteiger partial charge in [-0.05, 0) is 19.1 Å². The summed E-state index contributed by atoms with van der Waals surface area (Å²) in [5, 5.41) is 0. The van der Waals surface area contributed by atoms with E-state index in [0.717, 1.165) is 4.88 Å². The third-order valence-electron chi connectivity index (χ3n) is 2.08. The molecule has 5 heteroatoms. The quantitative estimate of drug-likeness (QED) is 0.717. The van der Waals surface area contributed by atoms with Crippen LogP contribution in [-0.4, -0.2) is 24.6 Å². The normalized spacial score (nSPS) is 20.1. The maximum absolute atomic E-state index is 11.5. The Labute approximate surface area is 90.8 Å². The average molecular weight is 226 g/mol. The molecular formula is C10H10O4S. The van der Waals surface area contributed by atoms with Crippen LogP contribution in [0, 0.1) is 6.92 Å². The molecule has 1 aromatic heterocycles. The molecule has 1 aliphatic heterocycles. The summed E-state index contributed by atoms with van der Waals surface area (Å²) in [5.74, 6) is -0.895. The van der Waals surface area contributed by atoms with E-state index in [1.165, 1.54) is 11.3 Å². The number of hydrogen-bond acceptors (Lipinski definition) is 5. The van der Waals surface area contributed by atoms with Gasteiger partial charge in [-0.2, -0.15) is 0 Å². The van der Waals surface area contributed by atoms with Crippen LogP contribution in [0.2, 0.25) is 0 Å². The van der Waals surface area contributed by atoms with Crippen LogP contribution < -0.4 is 0 Å². The van der Waals surface area contributed by atoms with E-state index in [1.54, 1.807) is 6.07 Å². The first kappa shape index (κ1) is 10.2. The first-order chi connectivity index (χ1) is 7.16. The highest BCUT2D eigenvalue weighted by Gasteiger charge is 2.30. The zero-order chi connectivity index (χ0) is 10.8. The molecule has 0 unspecified atom stereocenters. The molecule has 15 heavy (non-hydrogen) atoms. The minimum absolute atomic E-state index is 0.334. The van der Waals surface area contributed by atoms with Gasteiger partial charge in [0.15, 0.2) is 0 Å². The van der Waals surface area contributed by atoms with Crippen molar-refractivity contribution in [1.29, 1.82) is 0 Å². The Balaban J connectivity index is 2.00. The number of cyclic esters (lactones) is 1. The predicted octanol–water partition coefficient (Wildman–Crippen LogP) is 1.53. The van der Waals surface area contributed by atoms with E-state index in [0.29, 0.717) is 17.9 Å². The van der Waals surface area contributed by atoms with E-state index in [1.807, 2.05) is 13.0 Å². The topological polar surface area (TPSA) is 52.6 Å². The van der Waals surface area contributed by atoms with Gasteiger partial charge in [-0.15, -0.1) is 11.3 Å². The Hall–Kier alpha value is -1.36. The Bertz CT molecular complexity index is 396. The molecule has 1 atom stereocenters. The summed E-state index contributed by atoms with van der Waals surface area (Å²) in [6.45, 7) is 2.24. The molecular weight excluding hydrogens is 216 g/mol. The molecule has 4 nitrogen and oxygen atoms in total. The van der Waals surface area contributed by atoms with Crippen LogP contribution in [0.25, 0.3) is 0 Å². The minimum Gasteiger partial charge on any atom is -0.463 e. The van der Waals surface area contributed by atoms with E-state index < -0.39 is 18.0 Å². The monoisotopic (exact) mass is 226 g/mol. The molecule has 1 saturated heterocycles. The summed E-state index contributed by atoms with van der Waals surface area (Å²) in [7, 11) is 0. The van der Waals surface area contributed by atoms with Crippen molar-refractivity contribution >= 4 is 23.3 Å². The first-order valence-electron chi connectivity index (χ1n) is 4.61. The van der Waals surface area contributed by atoms with Crippen molar-refractivity contribution in [1.82, 2.24) is 0 Å². The van der Waals surface area contributed by atoms with Gasteiger partial charge in [0.1, 0.15) is 4.88 Å². The Morgan fingerprint density at radius 2 is 2.40 bits per heavy atom. The Morgan fingerprint density at radius 3 is 2.93 bits per heavy atom. The van der Waals surface area contributed by atoms with E-state index in [2.05, 4.69) is 0 Å². The molecule has 1 aromatic rings. The van der Waals surface area contributed by atoms with Crippen LogP contribution >= 0.6 is 11.3 Å². The lowest BCUT2D eigenvalue weighted by Crippen LogP contribution is -2.22. The van der Waals surface area contributed by atoms with Gasteiger partial charge in [0, 0.05) is 11.3 Å². The summed E-state index contributed by atoms with van der Waals surface area (Å²) >= 11 is 1.35. The second-order valence-corrected chi connectivity index (χ2v) is 4.55. The lowest BCUT2D eigenvalue weighted by atomic mass is 10.3. The zero-order valence-corrected chi connectivity index (χ0v) is 9.00. The molecule has 1 fully saturated rings. The maximum Gasteiger partial charge on any atom is 0.349 e. The maximum atomic E-state index is 11.5. The van der Waals surface area contributed by atoms with Crippen molar-refractivity contribution in [3.8, 4) is 0 Å². The van der Waals surface area contributed by atoms with Crippen LogP contribution in [0.1, 0.15) is 21.0 Å². The zero-order valence-electron chi connectivity index (χ0n) is 8.19. The molecule has 0 N–H and O–H groups in total. The van der Waals surface area contributed by atoms with E-state index >= 15 is 0 Å². The Kier molecular flexibility index (Phi) is 2.73. The average Bonchev–Trinajstić information content (AvgIpc) is 2.77. The van der Waals surface area contributed by atoms with Crippen molar-refractivity contribution in [2.45, 2.75) is 19.4 Å². The van der Waals surface area contributed by atoms with Crippen molar-refractivity contribution < 1.29 is 19.1 Å². The van der Waals surface area contributed by atoms with Gasteiger partial charge in [0.05, 0.1) is 6.61 Å². The van der Waals surface area contributed by atoms with Crippen LogP contribution in [0.15, 0.2) is 12.1 Å². The second-order valence-electron chi connectivity index (χ2n) is 3.26. The summed E-state index contributed by atoms with van der Waals surface area (Å²) < 4.78 is 9.71. The highest BCUT2D eigenvalue weighted by atomic mass is 32.1. The number of carbonyl (C=O) groups excluding carboxylic acids is 2. The highest BCUT2D eigenvalue weighted by molar-refractivity contribution is 7.13.